The summed E-state index contributed by atoms with van der Waals surface area (Å²) in [5.41, 5.74) is 6.38. The Morgan fingerprint density at radius 1 is 1.44 bits per heavy atom. The zero-order chi connectivity index (χ0) is 18.2. The van der Waals surface area contributed by atoms with Gasteiger partial charge in [0, 0.05) is 50.8 Å². The fraction of sp³-hybridized carbons (Fsp3) is 0.778. The molecule has 3 N–H and O–H groups in total. The van der Waals surface area contributed by atoms with E-state index in [0.717, 1.165) is 31.6 Å². The van der Waals surface area contributed by atoms with Gasteiger partial charge >= 0.3 is 0 Å². The van der Waals surface area contributed by atoms with Crippen molar-refractivity contribution in [2.75, 3.05) is 24.6 Å². The summed E-state index contributed by atoms with van der Waals surface area (Å²) in [6.45, 7) is 8.46. The number of piperidine rings is 1. The van der Waals surface area contributed by atoms with Crippen LogP contribution in [0.4, 0.5) is 5.69 Å². The van der Waals surface area contributed by atoms with Crippen molar-refractivity contribution in [2.24, 2.45) is 18.2 Å². The summed E-state index contributed by atoms with van der Waals surface area (Å²) in [5, 5.41) is 7.44. The molecule has 0 spiro atoms. The van der Waals surface area contributed by atoms with E-state index in [9.17, 15) is 4.79 Å². The fourth-order valence-corrected chi connectivity index (χ4v) is 4.04. The highest BCUT2D eigenvalue weighted by atomic mass is 35.5. The molecule has 3 rings (SSSR count). The molecule has 7 nitrogen and oxygen atoms in total. The number of carbonyl (C=O) groups excluding carboxylic acids is 1. The van der Waals surface area contributed by atoms with Crippen molar-refractivity contribution in [1.29, 1.82) is 0 Å². The number of anilines is 1. The molecule has 1 aliphatic carbocycles. The number of hydrogen-bond donors (Lipinski definition) is 2. The molecule has 156 valence electrons. The van der Waals surface area contributed by atoms with Gasteiger partial charge in [-0.25, -0.2) is 0 Å². The number of nitrogens with zero attached hydrogens (tertiary/aromatic N) is 3. The second-order valence-electron chi connectivity index (χ2n) is 7.97. The third-order valence-electron chi connectivity index (χ3n) is 6.05. The molecule has 0 bridgehead atoms. The molecule has 2 aliphatic rings. The molecule has 9 heteroatoms. The van der Waals surface area contributed by atoms with Gasteiger partial charge in [-0.1, -0.05) is 13.8 Å². The summed E-state index contributed by atoms with van der Waals surface area (Å²) in [4.78, 5) is 15.2. The van der Waals surface area contributed by atoms with Gasteiger partial charge in [0.25, 0.3) is 0 Å². The SMILES string of the molecule is CCOC1CC(N)(C(=O)NC2CCCN(c3cnn(C)c3)C2)C1(C)C.Cl.Cl. The van der Waals surface area contributed by atoms with Crippen LogP contribution in [-0.2, 0) is 16.6 Å². The highest BCUT2D eigenvalue weighted by Gasteiger charge is 2.63. The molecular formula is C18H33Cl2N5O2. The van der Waals surface area contributed by atoms with E-state index in [4.69, 9.17) is 10.5 Å². The summed E-state index contributed by atoms with van der Waals surface area (Å²) in [6.07, 6.45) is 6.54. The first-order valence-electron chi connectivity index (χ1n) is 9.23. The summed E-state index contributed by atoms with van der Waals surface area (Å²) in [7, 11) is 1.92. The molecule has 2 fully saturated rings. The largest absolute Gasteiger partial charge is 0.378 e. The number of hydrogen-bond acceptors (Lipinski definition) is 5. The van der Waals surface area contributed by atoms with Gasteiger partial charge in [0.05, 0.1) is 18.0 Å². The normalized spacial score (nSPS) is 29.1. The maximum absolute atomic E-state index is 12.9. The van der Waals surface area contributed by atoms with E-state index in [1.807, 2.05) is 40.2 Å². The van der Waals surface area contributed by atoms with Gasteiger partial charge in [-0.15, -0.1) is 24.8 Å². The number of aryl methyl sites for hydroxylation is 1. The Kier molecular flexibility index (Phi) is 7.99. The van der Waals surface area contributed by atoms with Crippen molar-refractivity contribution in [2.45, 2.75) is 57.7 Å². The minimum atomic E-state index is -0.858. The molecule has 1 amide bonds. The number of rotatable bonds is 5. The fourth-order valence-electron chi connectivity index (χ4n) is 4.04. The molecule has 3 unspecified atom stereocenters. The Bertz CT molecular complexity index is 639. The van der Waals surface area contributed by atoms with Crippen molar-refractivity contribution < 1.29 is 9.53 Å². The Morgan fingerprint density at radius 2 is 2.15 bits per heavy atom. The lowest BCUT2D eigenvalue weighted by Crippen LogP contribution is -2.76. The lowest BCUT2D eigenvalue weighted by molar-refractivity contribution is -0.171. The molecular weight excluding hydrogens is 389 g/mol. The Labute approximate surface area is 174 Å². The summed E-state index contributed by atoms with van der Waals surface area (Å²) in [5.74, 6) is -0.0495. The Balaban J connectivity index is 0.00000182. The maximum Gasteiger partial charge on any atom is 0.241 e. The summed E-state index contributed by atoms with van der Waals surface area (Å²) in [6, 6.07) is 0.115. The van der Waals surface area contributed by atoms with E-state index in [0.29, 0.717) is 13.0 Å². The molecule has 3 atom stereocenters. The predicted octanol–water partition coefficient (Wildman–Crippen LogP) is 1.88. The summed E-state index contributed by atoms with van der Waals surface area (Å²) < 4.78 is 7.53. The second-order valence-corrected chi connectivity index (χ2v) is 7.97. The van der Waals surface area contributed by atoms with E-state index < -0.39 is 5.54 Å². The maximum atomic E-state index is 12.9. The van der Waals surface area contributed by atoms with Crippen molar-refractivity contribution in [1.82, 2.24) is 15.1 Å². The van der Waals surface area contributed by atoms with Crippen LogP contribution in [0.3, 0.4) is 0 Å². The molecule has 1 aromatic heterocycles. The van der Waals surface area contributed by atoms with Crippen LogP contribution in [0.2, 0.25) is 0 Å². The van der Waals surface area contributed by atoms with Gasteiger partial charge in [0.2, 0.25) is 5.91 Å². The molecule has 27 heavy (non-hydrogen) atoms. The highest BCUT2D eigenvalue weighted by molar-refractivity contribution is 5.89. The minimum Gasteiger partial charge on any atom is -0.378 e. The van der Waals surface area contributed by atoms with Crippen LogP contribution in [0, 0.1) is 5.41 Å². The Hall–Kier alpha value is -1.02. The molecule has 1 aromatic rings. The zero-order valence-corrected chi connectivity index (χ0v) is 18.2. The first kappa shape index (κ1) is 24.0. The molecule has 2 heterocycles. The van der Waals surface area contributed by atoms with E-state index in [2.05, 4.69) is 15.3 Å². The first-order valence-corrected chi connectivity index (χ1v) is 9.23. The van der Waals surface area contributed by atoms with Gasteiger partial charge in [-0.3, -0.25) is 9.48 Å². The van der Waals surface area contributed by atoms with Crippen LogP contribution in [-0.4, -0.2) is 53.1 Å². The second kappa shape index (κ2) is 8.99. The topological polar surface area (TPSA) is 85.4 Å². The van der Waals surface area contributed by atoms with Crippen molar-refractivity contribution in [3.05, 3.63) is 12.4 Å². The van der Waals surface area contributed by atoms with E-state index >= 15 is 0 Å². The zero-order valence-electron chi connectivity index (χ0n) is 16.6. The average Bonchev–Trinajstić information content (AvgIpc) is 3.01. The number of carbonyl (C=O) groups is 1. The number of nitrogens with two attached hydrogens (primary N) is 1. The van der Waals surface area contributed by atoms with Crippen molar-refractivity contribution in [3.8, 4) is 0 Å². The van der Waals surface area contributed by atoms with E-state index in [-0.39, 0.29) is 48.3 Å². The van der Waals surface area contributed by atoms with Crippen LogP contribution in [0.5, 0.6) is 0 Å². The third-order valence-corrected chi connectivity index (χ3v) is 6.05. The van der Waals surface area contributed by atoms with Crippen LogP contribution in [0.15, 0.2) is 12.4 Å². The lowest BCUT2D eigenvalue weighted by atomic mass is 9.54. The number of aromatic nitrogens is 2. The Morgan fingerprint density at radius 3 is 2.70 bits per heavy atom. The van der Waals surface area contributed by atoms with Crippen LogP contribution < -0.4 is 16.0 Å². The predicted molar refractivity (Wildman–Crippen MR) is 112 cm³/mol. The number of ether oxygens (including phenoxy) is 1. The van der Waals surface area contributed by atoms with Crippen molar-refractivity contribution in [3.63, 3.8) is 0 Å². The molecule has 1 saturated heterocycles. The van der Waals surface area contributed by atoms with E-state index in [1.165, 1.54) is 0 Å². The van der Waals surface area contributed by atoms with E-state index in [1.54, 1.807) is 4.68 Å². The minimum absolute atomic E-state index is 0. The van der Waals surface area contributed by atoms with Gasteiger partial charge in [0.15, 0.2) is 0 Å². The first-order chi connectivity index (χ1) is 11.8. The molecule has 1 aliphatic heterocycles. The van der Waals surface area contributed by atoms with Gasteiger partial charge in [-0.05, 0) is 19.8 Å². The number of nitrogens with one attached hydrogen (secondary N) is 1. The highest BCUT2D eigenvalue weighted by Crippen LogP contribution is 2.49. The van der Waals surface area contributed by atoms with Gasteiger partial charge in [-0.2, -0.15) is 5.10 Å². The molecule has 1 saturated carbocycles. The average molecular weight is 422 g/mol. The number of amides is 1. The monoisotopic (exact) mass is 421 g/mol. The molecule has 0 radical (unpaired) electrons. The van der Waals surface area contributed by atoms with Crippen LogP contribution in [0.25, 0.3) is 0 Å². The van der Waals surface area contributed by atoms with Crippen LogP contribution in [0.1, 0.15) is 40.0 Å². The van der Waals surface area contributed by atoms with Gasteiger partial charge < -0.3 is 20.7 Å². The van der Waals surface area contributed by atoms with Crippen LogP contribution >= 0.6 is 24.8 Å². The summed E-state index contributed by atoms with van der Waals surface area (Å²) >= 11 is 0. The smallest absolute Gasteiger partial charge is 0.241 e. The van der Waals surface area contributed by atoms with Crippen molar-refractivity contribution >= 4 is 36.4 Å². The molecule has 0 aromatic carbocycles. The van der Waals surface area contributed by atoms with Gasteiger partial charge in [0.1, 0.15) is 5.54 Å². The standard InChI is InChI=1S/C18H31N5O2.2ClH/c1-5-25-15-9-18(19,17(15,2)3)16(24)21-13-7-6-8-23(11-13)14-10-20-22(4)12-14;;/h10,12-13,15H,5-9,11,19H2,1-4H3,(H,21,24);2*1H. The lowest BCUT2D eigenvalue weighted by Gasteiger charge is -2.58. The number of halogens is 2. The third kappa shape index (κ3) is 4.36. The quantitative estimate of drug-likeness (QED) is 0.757.